The molecule has 0 radical (unpaired) electrons. The van der Waals surface area contributed by atoms with Crippen molar-refractivity contribution >= 4 is 28.5 Å². The SMILES string of the molecule is CSC(=Nc1cccc(C(=O)NCCc2ccccc2)c1)NC#N. The van der Waals surface area contributed by atoms with Crippen LogP contribution in [0.15, 0.2) is 59.6 Å². The zero-order chi connectivity index (χ0) is 17.2. The number of carbonyl (C=O) groups is 1. The highest BCUT2D eigenvalue weighted by Gasteiger charge is 2.06. The van der Waals surface area contributed by atoms with Gasteiger partial charge in [-0.05, 0) is 36.4 Å². The second kappa shape index (κ2) is 9.38. The summed E-state index contributed by atoms with van der Waals surface area (Å²) < 4.78 is 0. The summed E-state index contributed by atoms with van der Waals surface area (Å²) in [7, 11) is 0. The quantitative estimate of drug-likeness (QED) is 0.380. The summed E-state index contributed by atoms with van der Waals surface area (Å²) in [6.45, 7) is 0.572. The third kappa shape index (κ3) is 5.45. The average molecular weight is 338 g/mol. The van der Waals surface area contributed by atoms with Crippen LogP contribution in [-0.4, -0.2) is 23.9 Å². The molecule has 2 aromatic carbocycles. The van der Waals surface area contributed by atoms with E-state index in [1.165, 1.54) is 17.3 Å². The number of amides is 1. The minimum Gasteiger partial charge on any atom is -0.352 e. The van der Waals surface area contributed by atoms with Crippen molar-refractivity contribution in [1.29, 1.82) is 5.26 Å². The smallest absolute Gasteiger partial charge is 0.251 e. The Hall–Kier alpha value is -2.78. The maximum absolute atomic E-state index is 12.2. The summed E-state index contributed by atoms with van der Waals surface area (Å²) in [6, 6.07) is 17.0. The Balaban J connectivity index is 1.97. The molecule has 6 heteroatoms. The molecule has 5 nitrogen and oxygen atoms in total. The number of nitrogens with one attached hydrogen (secondary N) is 2. The molecule has 0 bridgehead atoms. The number of nitriles is 1. The van der Waals surface area contributed by atoms with Crippen LogP contribution in [-0.2, 0) is 6.42 Å². The molecule has 0 saturated heterocycles. The van der Waals surface area contributed by atoms with Crippen LogP contribution in [0.1, 0.15) is 15.9 Å². The molecule has 0 saturated carbocycles. The fraction of sp³-hybridized carbons (Fsp3) is 0.167. The van der Waals surface area contributed by atoms with E-state index in [0.717, 1.165) is 6.42 Å². The van der Waals surface area contributed by atoms with Gasteiger partial charge in [0.1, 0.15) is 0 Å². The minimum absolute atomic E-state index is 0.137. The lowest BCUT2D eigenvalue weighted by Gasteiger charge is -2.06. The molecule has 0 aliphatic carbocycles. The molecule has 0 aliphatic heterocycles. The van der Waals surface area contributed by atoms with Crippen molar-refractivity contribution < 1.29 is 4.79 Å². The number of amidine groups is 1. The first kappa shape index (κ1) is 17.6. The van der Waals surface area contributed by atoms with Gasteiger partial charge in [-0.2, -0.15) is 5.26 Å². The summed E-state index contributed by atoms with van der Waals surface area (Å²) >= 11 is 1.33. The van der Waals surface area contributed by atoms with Gasteiger partial charge in [0.15, 0.2) is 11.4 Å². The van der Waals surface area contributed by atoms with E-state index in [-0.39, 0.29) is 5.91 Å². The third-order valence-corrected chi connectivity index (χ3v) is 3.82. The van der Waals surface area contributed by atoms with Crippen LogP contribution < -0.4 is 10.6 Å². The van der Waals surface area contributed by atoms with Crippen LogP contribution in [0.5, 0.6) is 0 Å². The van der Waals surface area contributed by atoms with Gasteiger partial charge in [0.25, 0.3) is 5.91 Å². The maximum Gasteiger partial charge on any atom is 0.251 e. The Kier molecular flexibility index (Phi) is 6.87. The molecular formula is C18H18N4OS. The van der Waals surface area contributed by atoms with Gasteiger partial charge in [0, 0.05) is 12.1 Å². The van der Waals surface area contributed by atoms with Crippen molar-refractivity contribution in [2.24, 2.45) is 4.99 Å². The second-order valence-electron chi connectivity index (χ2n) is 4.90. The monoisotopic (exact) mass is 338 g/mol. The Bertz CT molecular complexity index is 753. The maximum atomic E-state index is 12.2. The van der Waals surface area contributed by atoms with Crippen molar-refractivity contribution in [2.75, 3.05) is 12.8 Å². The van der Waals surface area contributed by atoms with Gasteiger partial charge >= 0.3 is 0 Å². The molecule has 0 heterocycles. The molecule has 0 aliphatic rings. The molecule has 0 aromatic heterocycles. The molecule has 2 N–H and O–H groups in total. The van der Waals surface area contributed by atoms with Gasteiger partial charge < -0.3 is 5.32 Å². The number of hydrogen-bond acceptors (Lipinski definition) is 4. The van der Waals surface area contributed by atoms with Crippen molar-refractivity contribution in [2.45, 2.75) is 6.42 Å². The number of rotatable bonds is 5. The van der Waals surface area contributed by atoms with Crippen LogP contribution in [0.25, 0.3) is 0 Å². The topological polar surface area (TPSA) is 77.3 Å². The molecule has 1 amide bonds. The number of nitrogens with zero attached hydrogens (tertiary/aromatic N) is 2. The Labute approximate surface area is 145 Å². The Morgan fingerprint density at radius 2 is 2.00 bits per heavy atom. The van der Waals surface area contributed by atoms with Crippen LogP contribution in [0.2, 0.25) is 0 Å². The normalized spacial score (nSPS) is 10.8. The van der Waals surface area contributed by atoms with E-state index in [0.29, 0.717) is 23.0 Å². The number of hydrogen-bond donors (Lipinski definition) is 2. The Morgan fingerprint density at radius 1 is 1.21 bits per heavy atom. The first-order chi connectivity index (χ1) is 11.7. The molecular weight excluding hydrogens is 320 g/mol. The summed E-state index contributed by atoms with van der Waals surface area (Å²) in [5.74, 6) is -0.137. The van der Waals surface area contributed by atoms with Crippen molar-refractivity contribution in [3.8, 4) is 6.19 Å². The fourth-order valence-electron chi connectivity index (χ4n) is 2.07. The molecule has 0 unspecified atom stereocenters. The van der Waals surface area contributed by atoms with Crippen LogP contribution in [0, 0.1) is 11.5 Å². The highest BCUT2D eigenvalue weighted by Crippen LogP contribution is 2.16. The molecule has 2 aromatic rings. The zero-order valence-corrected chi connectivity index (χ0v) is 14.1. The molecule has 0 atom stereocenters. The van der Waals surface area contributed by atoms with E-state index < -0.39 is 0 Å². The van der Waals surface area contributed by atoms with E-state index in [4.69, 9.17) is 5.26 Å². The highest BCUT2D eigenvalue weighted by molar-refractivity contribution is 8.13. The van der Waals surface area contributed by atoms with Gasteiger partial charge in [0.2, 0.25) is 0 Å². The van der Waals surface area contributed by atoms with Crippen molar-refractivity contribution in [3.63, 3.8) is 0 Å². The van der Waals surface area contributed by atoms with Gasteiger partial charge in [0.05, 0.1) is 5.69 Å². The predicted octanol–water partition coefficient (Wildman–Crippen LogP) is 3.08. The van der Waals surface area contributed by atoms with E-state index in [2.05, 4.69) is 15.6 Å². The summed E-state index contributed by atoms with van der Waals surface area (Å²) in [5.41, 5.74) is 2.35. The largest absolute Gasteiger partial charge is 0.352 e. The molecule has 0 fully saturated rings. The second-order valence-corrected chi connectivity index (χ2v) is 5.69. The van der Waals surface area contributed by atoms with Gasteiger partial charge in [-0.3, -0.25) is 10.1 Å². The lowest BCUT2D eigenvalue weighted by Crippen LogP contribution is -2.25. The summed E-state index contributed by atoms with van der Waals surface area (Å²) in [5, 5.41) is 14.6. The molecule has 0 spiro atoms. The first-order valence-corrected chi connectivity index (χ1v) is 8.65. The summed E-state index contributed by atoms with van der Waals surface area (Å²) in [4.78, 5) is 16.5. The van der Waals surface area contributed by atoms with Crippen molar-refractivity contribution in [3.05, 3.63) is 65.7 Å². The minimum atomic E-state index is -0.137. The highest BCUT2D eigenvalue weighted by atomic mass is 32.2. The van der Waals surface area contributed by atoms with E-state index in [9.17, 15) is 4.79 Å². The van der Waals surface area contributed by atoms with E-state index in [1.807, 2.05) is 42.8 Å². The molecule has 24 heavy (non-hydrogen) atoms. The number of carbonyl (C=O) groups excluding carboxylic acids is 1. The van der Waals surface area contributed by atoms with Gasteiger partial charge in [-0.25, -0.2) is 4.99 Å². The first-order valence-electron chi connectivity index (χ1n) is 7.43. The van der Waals surface area contributed by atoms with E-state index >= 15 is 0 Å². The lowest BCUT2D eigenvalue weighted by molar-refractivity contribution is 0.0954. The Morgan fingerprint density at radius 3 is 2.71 bits per heavy atom. The number of thioether (sulfide) groups is 1. The molecule has 122 valence electrons. The van der Waals surface area contributed by atoms with Crippen LogP contribution >= 0.6 is 11.8 Å². The van der Waals surface area contributed by atoms with Gasteiger partial charge in [-0.15, -0.1) is 0 Å². The van der Waals surface area contributed by atoms with E-state index in [1.54, 1.807) is 24.3 Å². The van der Waals surface area contributed by atoms with Crippen LogP contribution in [0.4, 0.5) is 5.69 Å². The molecule has 2 rings (SSSR count). The zero-order valence-electron chi connectivity index (χ0n) is 13.3. The lowest BCUT2D eigenvalue weighted by atomic mass is 10.1. The number of benzene rings is 2. The van der Waals surface area contributed by atoms with Gasteiger partial charge in [-0.1, -0.05) is 48.2 Å². The standard InChI is InChI=1S/C18H18N4OS/c1-24-18(21-13-19)22-16-9-5-8-15(12-16)17(23)20-11-10-14-6-3-2-4-7-14/h2-9,12H,10-11H2,1H3,(H,20,23)(H,21,22). The van der Waals surface area contributed by atoms with Crippen LogP contribution in [0.3, 0.4) is 0 Å². The number of aliphatic imine (C=N–C) groups is 1. The fourth-order valence-corrected chi connectivity index (χ4v) is 2.42. The predicted molar refractivity (Wildman–Crippen MR) is 98.3 cm³/mol. The third-order valence-electron chi connectivity index (χ3n) is 3.24. The summed E-state index contributed by atoms with van der Waals surface area (Å²) in [6.07, 6.45) is 4.45. The average Bonchev–Trinajstić information content (AvgIpc) is 2.62. The van der Waals surface area contributed by atoms with Crippen molar-refractivity contribution in [1.82, 2.24) is 10.6 Å².